The number of guanidine groups is 1. The largest absolute Gasteiger partial charge is 0.357 e. The van der Waals surface area contributed by atoms with Gasteiger partial charge in [0.05, 0.1) is 0 Å². The number of nitrogens with one attached hydrogen (secondary N) is 1. The van der Waals surface area contributed by atoms with E-state index in [0.29, 0.717) is 5.92 Å². The molecule has 2 rings (SSSR count). The smallest absolute Gasteiger partial charge is 0.193 e. The molecule has 0 saturated carbocycles. The Morgan fingerprint density at radius 3 is 2.62 bits per heavy atom. The van der Waals surface area contributed by atoms with Crippen molar-refractivity contribution in [2.24, 2.45) is 10.9 Å². The van der Waals surface area contributed by atoms with Crippen LogP contribution in [0.25, 0.3) is 0 Å². The van der Waals surface area contributed by atoms with Crippen LogP contribution in [0.2, 0.25) is 0 Å². The first-order chi connectivity index (χ1) is 11.1. The fourth-order valence-corrected chi connectivity index (χ4v) is 3.24. The van der Waals surface area contributed by atoms with Crippen molar-refractivity contribution >= 4 is 45.9 Å². The van der Waals surface area contributed by atoms with E-state index in [4.69, 9.17) is 4.99 Å². The number of likely N-dealkylation sites (tertiary alicyclic amines) is 1. The fourth-order valence-electron chi connectivity index (χ4n) is 2.97. The molecule has 1 fully saturated rings. The molecule has 24 heavy (non-hydrogen) atoms. The molecular weight excluding hydrogens is 479 g/mol. The molecular formula is C18H30BrIN4. The maximum atomic E-state index is 4.87. The predicted octanol–water partition coefficient (Wildman–Crippen LogP) is 3.81. The van der Waals surface area contributed by atoms with Crippen molar-refractivity contribution in [2.75, 3.05) is 39.8 Å². The zero-order valence-corrected chi connectivity index (χ0v) is 18.9. The molecule has 1 unspecified atom stereocenters. The molecule has 6 heteroatoms. The second-order valence-corrected chi connectivity index (χ2v) is 7.14. The van der Waals surface area contributed by atoms with E-state index in [-0.39, 0.29) is 24.0 Å². The molecule has 1 heterocycles. The summed E-state index contributed by atoms with van der Waals surface area (Å²) < 4.78 is 1.12. The van der Waals surface area contributed by atoms with Crippen LogP contribution in [0.1, 0.15) is 25.8 Å². The van der Waals surface area contributed by atoms with Crippen LogP contribution >= 0.6 is 39.9 Å². The van der Waals surface area contributed by atoms with E-state index in [2.05, 4.69) is 76.2 Å². The second-order valence-electron chi connectivity index (χ2n) is 6.23. The minimum atomic E-state index is 0. The summed E-state index contributed by atoms with van der Waals surface area (Å²) in [6.45, 7) is 10.6. The van der Waals surface area contributed by atoms with Crippen LogP contribution in [0.15, 0.2) is 33.7 Å². The van der Waals surface area contributed by atoms with Crippen molar-refractivity contribution in [3.8, 4) is 0 Å². The number of aliphatic imine (C=N–C) groups is 1. The lowest BCUT2D eigenvalue weighted by Gasteiger charge is -2.23. The summed E-state index contributed by atoms with van der Waals surface area (Å²) in [4.78, 5) is 9.59. The Labute approximate surface area is 172 Å². The zero-order chi connectivity index (χ0) is 16.7. The molecule has 0 bridgehead atoms. The number of hydrogen-bond donors (Lipinski definition) is 1. The molecule has 0 aromatic heterocycles. The van der Waals surface area contributed by atoms with E-state index in [9.17, 15) is 0 Å². The highest BCUT2D eigenvalue weighted by Crippen LogP contribution is 2.16. The first kappa shape index (κ1) is 21.7. The van der Waals surface area contributed by atoms with Crippen molar-refractivity contribution in [3.63, 3.8) is 0 Å². The van der Waals surface area contributed by atoms with Crippen molar-refractivity contribution in [1.29, 1.82) is 0 Å². The van der Waals surface area contributed by atoms with Crippen LogP contribution < -0.4 is 5.32 Å². The molecule has 4 nitrogen and oxygen atoms in total. The Morgan fingerprint density at radius 2 is 2.04 bits per heavy atom. The molecule has 0 aliphatic carbocycles. The first-order valence-corrected chi connectivity index (χ1v) is 9.37. The minimum absolute atomic E-state index is 0. The summed E-state index contributed by atoms with van der Waals surface area (Å²) in [5, 5.41) is 3.42. The molecule has 0 spiro atoms. The normalized spacial score (nSPS) is 18.3. The Kier molecular flexibility index (Phi) is 10.2. The predicted molar refractivity (Wildman–Crippen MR) is 117 cm³/mol. The van der Waals surface area contributed by atoms with Gasteiger partial charge >= 0.3 is 0 Å². The van der Waals surface area contributed by atoms with E-state index < -0.39 is 0 Å². The first-order valence-electron chi connectivity index (χ1n) is 8.58. The second kappa shape index (κ2) is 11.3. The van der Waals surface area contributed by atoms with Gasteiger partial charge in [-0.3, -0.25) is 4.99 Å². The third-order valence-corrected chi connectivity index (χ3v) is 4.87. The van der Waals surface area contributed by atoms with E-state index in [1.165, 1.54) is 25.1 Å². The third-order valence-electron chi connectivity index (χ3n) is 4.35. The van der Waals surface area contributed by atoms with Gasteiger partial charge < -0.3 is 15.1 Å². The summed E-state index contributed by atoms with van der Waals surface area (Å²) >= 11 is 3.49. The molecule has 0 amide bonds. The van der Waals surface area contributed by atoms with Gasteiger partial charge in [0.15, 0.2) is 5.96 Å². The molecule has 1 saturated heterocycles. The Balaban J connectivity index is 0.00000288. The molecule has 1 aromatic rings. The van der Waals surface area contributed by atoms with Gasteiger partial charge in [-0.15, -0.1) is 24.0 Å². The molecule has 1 N–H and O–H groups in total. The quantitative estimate of drug-likeness (QED) is 0.360. The van der Waals surface area contributed by atoms with Gasteiger partial charge in [0, 0.05) is 37.7 Å². The van der Waals surface area contributed by atoms with Gasteiger partial charge in [-0.25, -0.2) is 0 Å². The summed E-state index contributed by atoms with van der Waals surface area (Å²) in [5.41, 5.74) is 1.29. The van der Waals surface area contributed by atoms with Gasteiger partial charge in [-0.1, -0.05) is 35.0 Å². The van der Waals surface area contributed by atoms with Crippen LogP contribution in [0, 0.1) is 5.92 Å². The maximum absolute atomic E-state index is 4.87. The molecule has 0 radical (unpaired) electrons. The number of nitrogens with zero attached hydrogens (tertiary/aromatic N) is 3. The highest BCUT2D eigenvalue weighted by atomic mass is 127. The summed E-state index contributed by atoms with van der Waals surface area (Å²) in [6, 6.07) is 8.48. The Hall–Kier alpha value is -0.340. The van der Waals surface area contributed by atoms with Gasteiger partial charge in [0.25, 0.3) is 0 Å². The summed E-state index contributed by atoms with van der Waals surface area (Å²) in [7, 11) is 2.11. The SMILES string of the molecule is CCNC(=NCC1CCN(CC)C1)N(C)Cc1ccc(Br)cc1.I. The lowest BCUT2D eigenvalue weighted by molar-refractivity contribution is 0.343. The zero-order valence-electron chi connectivity index (χ0n) is 15.0. The lowest BCUT2D eigenvalue weighted by atomic mass is 10.1. The van der Waals surface area contributed by atoms with E-state index in [1.54, 1.807) is 0 Å². The van der Waals surface area contributed by atoms with Crippen molar-refractivity contribution in [2.45, 2.75) is 26.8 Å². The summed E-state index contributed by atoms with van der Waals surface area (Å²) in [5.74, 6) is 1.70. The lowest BCUT2D eigenvalue weighted by Crippen LogP contribution is -2.39. The summed E-state index contributed by atoms with van der Waals surface area (Å²) in [6.07, 6.45) is 1.27. The van der Waals surface area contributed by atoms with E-state index in [0.717, 1.165) is 36.6 Å². The van der Waals surface area contributed by atoms with Crippen molar-refractivity contribution in [1.82, 2.24) is 15.1 Å². The van der Waals surface area contributed by atoms with E-state index in [1.807, 2.05) is 0 Å². The highest BCUT2D eigenvalue weighted by molar-refractivity contribution is 14.0. The third kappa shape index (κ3) is 6.88. The number of rotatable bonds is 6. The molecule has 1 aromatic carbocycles. The van der Waals surface area contributed by atoms with Crippen LogP contribution in [0.3, 0.4) is 0 Å². The molecule has 1 aliphatic heterocycles. The van der Waals surface area contributed by atoms with Gasteiger partial charge in [-0.05, 0) is 50.0 Å². The maximum Gasteiger partial charge on any atom is 0.193 e. The minimum Gasteiger partial charge on any atom is -0.357 e. The fraction of sp³-hybridized carbons (Fsp3) is 0.611. The standard InChI is InChI=1S/C18H29BrN4.HI/c1-4-20-18(21-12-16-10-11-23(5-2)14-16)22(3)13-15-6-8-17(19)9-7-15;/h6-9,16H,4-5,10-14H2,1-3H3,(H,20,21);1H. The van der Waals surface area contributed by atoms with Crippen LogP contribution in [0.5, 0.6) is 0 Å². The number of halogens is 2. The topological polar surface area (TPSA) is 30.9 Å². The molecule has 1 atom stereocenters. The van der Waals surface area contributed by atoms with Crippen molar-refractivity contribution < 1.29 is 0 Å². The molecule has 136 valence electrons. The molecule has 1 aliphatic rings. The van der Waals surface area contributed by atoms with Gasteiger partial charge in [-0.2, -0.15) is 0 Å². The highest BCUT2D eigenvalue weighted by Gasteiger charge is 2.21. The average molecular weight is 509 g/mol. The Morgan fingerprint density at radius 1 is 1.33 bits per heavy atom. The number of benzene rings is 1. The van der Waals surface area contributed by atoms with Crippen LogP contribution in [0.4, 0.5) is 0 Å². The monoisotopic (exact) mass is 508 g/mol. The van der Waals surface area contributed by atoms with Crippen LogP contribution in [-0.4, -0.2) is 55.5 Å². The van der Waals surface area contributed by atoms with E-state index >= 15 is 0 Å². The van der Waals surface area contributed by atoms with Crippen LogP contribution in [-0.2, 0) is 6.54 Å². The number of hydrogen-bond acceptors (Lipinski definition) is 2. The Bertz CT molecular complexity index is 506. The van der Waals surface area contributed by atoms with Gasteiger partial charge in [0.1, 0.15) is 0 Å². The van der Waals surface area contributed by atoms with Crippen molar-refractivity contribution in [3.05, 3.63) is 34.3 Å². The van der Waals surface area contributed by atoms with Gasteiger partial charge in [0.2, 0.25) is 0 Å². The average Bonchev–Trinajstić information content (AvgIpc) is 3.01.